The summed E-state index contributed by atoms with van der Waals surface area (Å²) in [6.07, 6.45) is 0. The monoisotopic (exact) mass is 235 g/mol. The summed E-state index contributed by atoms with van der Waals surface area (Å²) in [5, 5.41) is 0. The van der Waals surface area contributed by atoms with Crippen molar-refractivity contribution in [2.24, 2.45) is 11.7 Å². The number of nitrogens with two attached hydrogens (primary N) is 1. The summed E-state index contributed by atoms with van der Waals surface area (Å²) < 4.78 is 5.74. The first-order valence-corrected chi connectivity index (χ1v) is 5.98. The van der Waals surface area contributed by atoms with Crippen molar-refractivity contribution in [1.82, 2.24) is 0 Å². The Morgan fingerprint density at radius 3 is 2.41 bits per heavy atom. The molecule has 17 heavy (non-hydrogen) atoms. The minimum Gasteiger partial charge on any atom is -0.493 e. The highest BCUT2D eigenvalue weighted by molar-refractivity contribution is 5.93. The van der Waals surface area contributed by atoms with Gasteiger partial charge in [-0.1, -0.05) is 27.7 Å². The summed E-state index contributed by atoms with van der Waals surface area (Å²) in [7, 11) is 0. The van der Waals surface area contributed by atoms with Gasteiger partial charge in [0.15, 0.2) is 0 Å². The highest BCUT2D eigenvalue weighted by Crippen LogP contribution is 2.27. The van der Waals surface area contributed by atoms with Gasteiger partial charge in [-0.25, -0.2) is 0 Å². The van der Waals surface area contributed by atoms with Crippen LogP contribution in [0.2, 0.25) is 0 Å². The van der Waals surface area contributed by atoms with Gasteiger partial charge in [0.1, 0.15) is 5.75 Å². The molecule has 0 aromatic heterocycles. The smallest absolute Gasteiger partial charge is 0.248 e. The summed E-state index contributed by atoms with van der Waals surface area (Å²) in [6, 6.07) is 5.37. The van der Waals surface area contributed by atoms with Crippen LogP contribution in [0.1, 0.15) is 49.5 Å². The Kier molecular flexibility index (Phi) is 4.55. The van der Waals surface area contributed by atoms with E-state index in [1.807, 2.05) is 12.1 Å². The second-order valence-electron chi connectivity index (χ2n) is 4.98. The molecule has 2 N–H and O–H groups in total. The highest BCUT2D eigenvalue weighted by atomic mass is 16.5. The molecule has 1 rings (SSSR count). The van der Waals surface area contributed by atoms with Gasteiger partial charge >= 0.3 is 0 Å². The van der Waals surface area contributed by atoms with Gasteiger partial charge in [-0.3, -0.25) is 4.79 Å². The third kappa shape index (κ3) is 3.77. The van der Waals surface area contributed by atoms with Crippen molar-refractivity contribution in [2.45, 2.75) is 33.6 Å². The predicted molar refractivity (Wildman–Crippen MR) is 69.4 cm³/mol. The van der Waals surface area contributed by atoms with Gasteiger partial charge in [0.25, 0.3) is 0 Å². The van der Waals surface area contributed by atoms with Crippen molar-refractivity contribution in [3.05, 3.63) is 29.3 Å². The molecule has 0 saturated heterocycles. The molecule has 0 fully saturated rings. The van der Waals surface area contributed by atoms with Crippen molar-refractivity contribution < 1.29 is 9.53 Å². The highest BCUT2D eigenvalue weighted by Gasteiger charge is 2.11. The van der Waals surface area contributed by atoms with E-state index in [0.29, 0.717) is 24.0 Å². The molecule has 0 atom stereocenters. The fourth-order valence-corrected chi connectivity index (χ4v) is 1.54. The Bertz CT molecular complexity index is 397. The van der Waals surface area contributed by atoms with E-state index in [4.69, 9.17) is 10.5 Å². The van der Waals surface area contributed by atoms with Gasteiger partial charge in [0.05, 0.1) is 6.61 Å². The van der Waals surface area contributed by atoms with E-state index in [2.05, 4.69) is 27.7 Å². The molecule has 1 aromatic rings. The zero-order chi connectivity index (χ0) is 13.0. The van der Waals surface area contributed by atoms with Gasteiger partial charge < -0.3 is 10.5 Å². The van der Waals surface area contributed by atoms with Crippen LogP contribution < -0.4 is 10.5 Å². The molecule has 1 aromatic carbocycles. The fourth-order valence-electron chi connectivity index (χ4n) is 1.54. The molecule has 0 aliphatic rings. The van der Waals surface area contributed by atoms with Crippen molar-refractivity contribution in [3.8, 4) is 5.75 Å². The molecule has 1 amide bonds. The molecule has 0 heterocycles. The molecule has 0 aliphatic carbocycles. The lowest BCUT2D eigenvalue weighted by atomic mass is 9.99. The SMILES string of the molecule is CC(C)COc1ccc(C(N)=O)cc1C(C)C. The number of ether oxygens (including phenoxy) is 1. The summed E-state index contributed by atoms with van der Waals surface area (Å²) in [5.74, 6) is 1.23. The van der Waals surface area contributed by atoms with E-state index in [9.17, 15) is 4.79 Å². The van der Waals surface area contributed by atoms with E-state index in [1.54, 1.807) is 6.07 Å². The van der Waals surface area contributed by atoms with E-state index in [-0.39, 0.29) is 0 Å². The zero-order valence-corrected chi connectivity index (χ0v) is 11.0. The molecule has 0 bridgehead atoms. The third-order valence-corrected chi connectivity index (χ3v) is 2.49. The number of benzene rings is 1. The Labute approximate surface area is 103 Å². The minimum absolute atomic E-state index is 0.302. The lowest BCUT2D eigenvalue weighted by Gasteiger charge is -2.16. The van der Waals surface area contributed by atoms with E-state index in [1.165, 1.54) is 0 Å². The maximum absolute atomic E-state index is 11.1. The number of hydrogen-bond donors (Lipinski definition) is 1. The predicted octanol–water partition coefficient (Wildman–Crippen LogP) is 2.94. The van der Waals surface area contributed by atoms with E-state index >= 15 is 0 Å². The average Bonchev–Trinajstić information content (AvgIpc) is 2.25. The molecule has 0 aliphatic heterocycles. The molecule has 0 unspecified atom stereocenters. The van der Waals surface area contributed by atoms with Gasteiger partial charge in [-0.05, 0) is 35.6 Å². The first-order valence-electron chi connectivity index (χ1n) is 5.98. The van der Waals surface area contributed by atoms with Crippen LogP contribution in [0.5, 0.6) is 5.75 Å². The zero-order valence-electron chi connectivity index (χ0n) is 11.0. The number of carbonyl (C=O) groups excluding carboxylic acids is 1. The maximum atomic E-state index is 11.1. The Morgan fingerprint density at radius 1 is 1.29 bits per heavy atom. The molecule has 0 saturated carbocycles. The topological polar surface area (TPSA) is 52.3 Å². The van der Waals surface area contributed by atoms with Crippen LogP contribution >= 0.6 is 0 Å². The van der Waals surface area contributed by atoms with Gasteiger partial charge in [-0.15, -0.1) is 0 Å². The van der Waals surface area contributed by atoms with Crippen molar-refractivity contribution in [3.63, 3.8) is 0 Å². The quantitative estimate of drug-likeness (QED) is 0.853. The Hall–Kier alpha value is -1.51. The summed E-state index contributed by atoms with van der Waals surface area (Å²) in [6.45, 7) is 9.03. The molecule has 3 nitrogen and oxygen atoms in total. The summed E-state index contributed by atoms with van der Waals surface area (Å²) in [4.78, 5) is 11.1. The van der Waals surface area contributed by atoms with Gasteiger partial charge in [-0.2, -0.15) is 0 Å². The summed E-state index contributed by atoms with van der Waals surface area (Å²) >= 11 is 0. The molecule has 0 radical (unpaired) electrons. The van der Waals surface area contributed by atoms with Crippen LogP contribution in [0, 0.1) is 5.92 Å². The first kappa shape index (κ1) is 13.6. The molecule has 0 spiro atoms. The van der Waals surface area contributed by atoms with Crippen LogP contribution in [0.3, 0.4) is 0 Å². The second kappa shape index (κ2) is 5.71. The van der Waals surface area contributed by atoms with Crippen LogP contribution in [0.4, 0.5) is 0 Å². The van der Waals surface area contributed by atoms with Crippen molar-refractivity contribution >= 4 is 5.91 Å². The molecular weight excluding hydrogens is 214 g/mol. The fraction of sp³-hybridized carbons (Fsp3) is 0.500. The standard InChI is InChI=1S/C14H21NO2/c1-9(2)8-17-13-6-5-11(14(15)16)7-12(13)10(3)4/h5-7,9-10H,8H2,1-4H3,(H2,15,16). The van der Waals surface area contributed by atoms with Gasteiger partial charge in [0.2, 0.25) is 5.91 Å². The van der Waals surface area contributed by atoms with Gasteiger partial charge in [0, 0.05) is 5.56 Å². The molecule has 94 valence electrons. The number of primary amides is 1. The number of hydrogen-bond acceptors (Lipinski definition) is 2. The second-order valence-corrected chi connectivity index (χ2v) is 4.98. The lowest BCUT2D eigenvalue weighted by Crippen LogP contribution is -2.12. The van der Waals surface area contributed by atoms with E-state index < -0.39 is 5.91 Å². The van der Waals surface area contributed by atoms with Crippen molar-refractivity contribution in [1.29, 1.82) is 0 Å². The number of rotatable bonds is 5. The number of amides is 1. The van der Waals surface area contributed by atoms with Crippen LogP contribution in [-0.2, 0) is 0 Å². The largest absolute Gasteiger partial charge is 0.493 e. The van der Waals surface area contributed by atoms with Crippen LogP contribution in [0.25, 0.3) is 0 Å². The maximum Gasteiger partial charge on any atom is 0.248 e. The van der Waals surface area contributed by atoms with Crippen LogP contribution in [0.15, 0.2) is 18.2 Å². The van der Waals surface area contributed by atoms with Crippen LogP contribution in [-0.4, -0.2) is 12.5 Å². The Morgan fingerprint density at radius 2 is 1.94 bits per heavy atom. The van der Waals surface area contributed by atoms with Crippen molar-refractivity contribution in [2.75, 3.05) is 6.61 Å². The van der Waals surface area contributed by atoms with E-state index in [0.717, 1.165) is 11.3 Å². The normalized spacial score (nSPS) is 10.9. The molecule has 3 heteroatoms. The minimum atomic E-state index is -0.401. The summed E-state index contributed by atoms with van der Waals surface area (Å²) in [5.41, 5.74) is 6.84. The third-order valence-electron chi connectivity index (χ3n) is 2.49. The first-order chi connectivity index (χ1) is 7.91. The molecular formula is C14H21NO2. The average molecular weight is 235 g/mol. The lowest BCUT2D eigenvalue weighted by molar-refractivity contribution is 0.1000. The number of carbonyl (C=O) groups is 1. The Balaban J connectivity index is 3.00.